The molecule has 0 aliphatic carbocycles. The third kappa shape index (κ3) is 2.94. The second-order valence-corrected chi connectivity index (χ2v) is 6.40. The molecule has 21 heavy (non-hydrogen) atoms. The highest BCUT2D eigenvalue weighted by molar-refractivity contribution is 7.89. The van der Waals surface area contributed by atoms with Crippen LogP contribution in [0.1, 0.15) is 5.56 Å². The molecule has 0 spiro atoms. The monoisotopic (exact) mass is 298 g/mol. The van der Waals surface area contributed by atoms with Crippen molar-refractivity contribution in [1.82, 2.24) is 9.71 Å². The molecule has 0 aliphatic rings. The lowest BCUT2D eigenvalue weighted by Crippen LogP contribution is -2.23. The molecular weight excluding hydrogens is 284 g/mol. The maximum absolute atomic E-state index is 12.5. The molecule has 0 bridgehead atoms. The molecule has 0 fully saturated rings. The van der Waals surface area contributed by atoms with Crippen molar-refractivity contribution in [2.24, 2.45) is 0 Å². The first-order chi connectivity index (χ1) is 10.2. The summed E-state index contributed by atoms with van der Waals surface area (Å²) in [5.41, 5.74) is 0.919. The lowest BCUT2D eigenvalue weighted by molar-refractivity contribution is 0.582. The second kappa shape index (κ2) is 5.63. The van der Waals surface area contributed by atoms with E-state index in [1.165, 1.54) is 0 Å². The average molecular weight is 298 g/mol. The highest BCUT2D eigenvalue weighted by atomic mass is 32.2. The minimum Gasteiger partial charge on any atom is -0.264 e. The Balaban J connectivity index is 1.94. The summed E-state index contributed by atoms with van der Waals surface area (Å²) in [5, 5.41) is 1.48. The predicted molar refractivity (Wildman–Crippen MR) is 82.2 cm³/mol. The molecule has 0 unspecified atom stereocenters. The van der Waals surface area contributed by atoms with Gasteiger partial charge in [-0.1, -0.05) is 42.5 Å². The Morgan fingerprint density at radius 3 is 2.57 bits per heavy atom. The van der Waals surface area contributed by atoms with Crippen LogP contribution in [0.25, 0.3) is 10.8 Å². The molecule has 2 aromatic carbocycles. The summed E-state index contributed by atoms with van der Waals surface area (Å²) < 4.78 is 27.6. The van der Waals surface area contributed by atoms with E-state index in [0.29, 0.717) is 5.39 Å². The molecule has 1 aromatic heterocycles. The summed E-state index contributed by atoms with van der Waals surface area (Å²) in [5.74, 6) is 0. The molecule has 0 aliphatic heterocycles. The molecule has 0 saturated heterocycles. The van der Waals surface area contributed by atoms with Crippen molar-refractivity contribution >= 4 is 20.8 Å². The Morgan fingerprint density at radius 2 is 1.76 bits per heavy atom. The SMILES string of the molecule is O=S(=O)(NCc1ccccc1)c1cccc2cnccc12. The van der Waals surface area contributed by atoms with E-state index in [-0.39, 0.29) is 11.4 Å². The zero-order valence-electron chi connectivity index (χ0n) is 11.2. The molecule has 0 atom stereocenters. The van der Waals surface area contributed by atoms with Gasteiger partial charge in [0.15, 0.2) is 0 Å². The van der Waals surface area contributed by atoms with Crippen molar-refractivity contribution in [3.63, 3.8) is 0 Å². The van der Waals surface area contributed by atoms with Crippen LogP contribution in [0.2, 0.25) is 0 Å². The van der Waals surface area contributed by atoms with Crippen LogP contribution in [0.15, 0.2) is 71.9 Å². The molecule has 3 rings (SSSR count). The summed E-state index contributed by atoms with van der Waals surface area (Å²) >= 11 is 0. The van der Waals surface area contributed by atoms with Crippen LogP contribution in [0.3, 0.4) is 0 Å². The Kier molecular flexibility index (Phi) is 3.68. The van der Waals surface area contributed by atoms with Crippen molar-refractivity contribution in [3.8, 4) is 0 Å². The van der Waals surface area contributed by atoms with Crippen molar-refractivity contribution in [1.29, 1.82) is 0 Å². The Labute approximate surface area is 123 Å². The number of nitrogens with one attached hydrogen (secondary N) is 1. The smallest absolute Gasteiger partial charge is 0.241 e. The molecular formula is C16H14N2O2S. The van der Waals surface area contributed by atoms with Crippen molar-refractivity contribution in [2.45, 2.75) is 11.4 Å². The summed E-state index contributed by atoms with van der Waals surface area (Å²) in [6.07, 6.45) is 3.25. The lowest BCUT2D eigenvalue weighted by atomic mass is 10.2. The van der Waals surface area contributed by atoms with Gasteiger partial charge < -0.3 is 0 Å². The minimum absolute atomic E-state index is 0.268. The first-order valence-corrected chi connectivity index (χ1v) is 8.01. The van der Waals surface area contributed by atoms with Crippen LogP contribution in [0, 0.1) is 0 Å². The van der Waals surface area contributed by atoms with E-state index in [1.54, 1.807) is 30.6 Å². The summed E-state index contributed by atoms with van der Waals surface area (Å²) in [6.45, 7) is 0.268. The summed E-state index contributed by atoms with van der Waals surface area (Å²) in [7, 11) is -3.56. The van der Waals surface area contributed by atoms with Crippen molar-refractivity contribution in [2.75, 3.05) is 0 Å². The van der Waals surface area contributed by atoms with Gasteiger partial charge in [0.2, 0.25) is 10.0 Å². The number of aromatic nitrogens is 1. The van der Waals surface area contributed by atoms with Gasteiger partial charge in [-0.05, 0) is 17.7 Å². The highest BCUT2D eigenvalue weighted by Crippen LogP contribution is 2.21. The molecule has 3 aromatic rings. The van der Waals surface area contributed by atoms with Crippen LogP contribution < -0.4 is 4.72 Å². The van der Waals surface area contributed by atoms with Gasteiger partial charge in [-0.3, -0.25) is 4.98 Å². The topological polar surface area (TPSA) is 59.1 Å². The molecule has 4 nitrogen and oxygen atoms in total. The number of pyridine rings is 1. The number of hydrogen-bond donors (Lipinski definition) is 1. The van der Waals surface area contributed by atoms with Gasteiger partial charge in [0.25, 0.3) is 0 Å². The standard InChI is InChI=1S/C16H14N2O2S/c19-21(20,18-11-13-5-2-1-3-6-13)16-8-4-7-14-12-17-10-9-15(14)16/h1-10,12,18H,11H2. The third-order valence-electron chi connectivity index (χ3n) is 3.24. The Morgan fingerprint density at radius 1 is 0.952 bits per heavy atom. The molecule has 5 heteroatoms. The van der Waals surface area contributed by atoms with Crippen LogP contribution in [-0.4, -0.2) is 13.4 Å². The summed E-state index contributed by atoms with van der Waals surface area (Å²) in [6, 6.07) is 16.3. The molecule has 0 saturated carbocycles. The molecule has 106 valence electrons. The van der Waals surface area contributed by atoms with Crippen LogP contribution in [0.4, 0.5) is 0 Å². The molecule has 0 amide bonds. The molecule has 1 N–H and O–H groups in total. The van der Waals surface area contributed by atoms with E-state index in [9.17, 15) is 8.42 Å². The van der Waals surface area contributed by atoms with Crippen LogP contribution >= 0.6 is 0 Å². The first kappa shape index (κ1) is 13.7. The van der Waals surface area contributed by atoms with Crippen LogP contribution in [-0.2, 0) is 16.6 Å². The quantitative estimate of drug-likeness (QED) is 0.805. The van der Waals surface area contributed by atoms with Crippen molar-refractivity contribution < 1.29 is 8.42 Å². The molecule has 0 radical (unpaired) electrons. The minimum atomic E-state index is -3.56. The zero-order chi connectivity index (χ0) is 14.7. The fraction of sp³-hybridized carbons (Fsp3) is 0.0625. The van der Waals surface area contributed by atoms with E-state index in [0.717, 1.165) is 10.9 Å². The first-order valence-electron chi connectivity index (χ1n) is 6.53. The van der Waals surface area contributed by atoms with Gasteiger partial charge in [0, 0.05) is 29.7 Å². The predicted octanol–water partition coefficient (Wildman–Crippen LogP) is 2.71. The average Bonchev–Trinajstić information content (AvgIpc) is 2.53. The van der Waals surface area contributed by atoms with Gasteiger partial charge in [-0.25, -0.2) is 13.1 Å². The number of sulfonamides is 1. The summed E-state index contributed by atoms with van der Waals surface area (Å²) in [4.78, 5) is 4.29. The maximum atomic E-state index is 12.5. The molecule has 1 heterocycles. The normalized spacial score (nSPS) is 11.6. The van der Waals surface area contributed by atoms with Gasteiger partial charge in [-0.15, -0.1) is 0 Å². The van der Waals surface area contributed by atoms with Gasteiger partial charge >= 0.3 is 0 Å². The number of fused-ring (bicyclic) bond motifs is 1. The Hall–Kier alpha value is -2.24. The number of hydrogen-bond acceptors (Lipinski definition) is 3. The largest absolute Gasteiger partial charge is 0.264 e. The number of nitrogens with zero attached hydrogens (tertiary/aromatic N) is 1. The fourth-order valence-electron chi connectivity index (χ4n) is 2.18. The second-order valence-electron chi connectivity index (χ2n) is 4.66. The van der Waals surface area contributed by atoms with Crippen LogP contribution in [0.5, 0.6) is 0 Å². The van der Waals surface area contributed by atoms with E-state index in [4.69, 9.17) is 0 Å². The van der Waals surface area contributed by atoms with Crippen molar-refractivity contribution in [3.05, 3.63) is 72.6 Å². The Bertz CT molecular complexity index is 856. The van der Waals surface area contributed by atoms with Gasteiger partial charge in [-0.2, -0.15) is 0 Å². The van der Waals surface area contributed by atoms with E-state index in [2.05, 4.69) is 9.71 Å². The van der Waals surface area contributed by atoms with E-state index in [1.807, 2.05) is 36.4 Å². The van der Waals surface area contributed by atoms with E-state index >= 15 is 0 Å². The number of rotatable bonds is 4. The van der Waals surface area contributed by atoms with Gasteiger partial charge in [0.1, 0.15) is 0 Å². The van der Waals surface area contributed by atoms with E-state index < -0.39 is 10.0 Å². The maximum Gasteiger partial charge on any atom is 0.241 e. The lowest BCUT2D eigenvalue weighted by Gasteiger charge is -2.09. The fourth-order valence-corrected chi connectivity index (χ4v) is 3.42. The van der Waals surface area contributed by atoms with Gasteiger partial charge in [0.05, 0.1) is 4.90 Å². The highest BCUT2D eigenvalue weighted by Gasteiger charge is 2.16. The third-order valence-corrected chi connectivity index (χ3v) is 4.70. The number of benzene rings is 2. The zero-order valence-corrected chi connectivity index (χ0v) is 12.0.